The smallest absolute Gasteiger partial charge is 0.334 e. The Morgan fingerprint density at radius 1 is 0.845 bits per heavy atom. The second kappa shape index (κ2) is 15.1. The van der Waals surface area contributed by atoms with Crippen LogP contribution in [0.3, 0.4) is 0 Å². The van der Waals surface area contributed by atoms with E-state index in [1.54, 1.807) is 27.7 Å². The van der Waals surface area contributed by atoms with E-state index in [2.05, 4.69) is 0 Å². The summed E-state index contributed by atoms with van der Waals surface area (Å²) in [6, 6.07) is 0. The van der Waals surface area contributed by atoms with Crippen molar-refractivity contribution in [1.82, 2.24) is 0 Å². The molecular formula is C40H60O18. The Morgan fingerprint density at radius 3 is 2.10 bits per heavy atom. The van der Waals surface area contributed by atoms with Gasteiger partial charge in [0.2, 0.25) is 0 Å². The molecule has 0 amide bonds. The fourth-order valence-electron chi connectivity index (χ4n) is 11.6. The summed E-state index contributed by atoms with van der Waals surface area (Å²) in [4.78, 5) is 27.0. The third-order valence-corrected chi connectivity index (χ3v) is 15.7. The lowest BCUT2D eigenvalue weighted by molar-refractivity contribution is -0.336. The van der Waals surface area contributed by atoms with Crippen molar-refractivity contribution in [2.75, 3.05) is 13.2 Å². The van der Waals surface area contributed by atoms with Gasteiger partial charge in [0.05, 0.1) is 30.8 Å². The van der Waals surface area contributed by atoms with Gasteiger partial charge < -0.3 is 79.9 Å². The minimum Gasteiger partial charge on any atom is -0.455 e. The molecule has 4 aliphatic carbocycles. The number of Topliss-reactive ketones (excluding diaryl/α,β-unsaturated/α-hetero) is 1. The molecular weight excluding hydrogens is 768 g/mol. The normalized spacial score (nSPS) is 51.9. The van der Waals surface area contributed by atoms with Crippen molar-refractivity contribution in [1.29, 1.82) is 0 Å². The summed E-state index contributed by atoms with van der Waals surface area (Å²) in [5.41, 5.74) is -6.94. The predicted molar refractivity (Wildman–Crippen MR) is 195 cm³/mol. The van der Waals surface area contributed by atoms with Gasteiger partial charge >= 0.3 is 5.97 Å². The lowest BCUT2D eigenvalue weighted by atomic mass is 9.44. The van der Waals surface area contributed by atoms with E-state index >= 15 is 0 Å². The van der Waals surface area contributed by atoms with Gasteiger partial charge in [-0.05, 0) is 65.2 Å². The highest BCUT2D eigenvalue weighted by molar-refractivity contribution is 5.90. The number of carbonyl (C=O) groups is 2. The highest BCUT2D eigenvalue weighted by Crippen LogP contribution is 2.70. The summed E-state index contributed by atoms with van der Waals surface area (Å²) in [7, 11) is 0. The molecule has 0 radical (unpaired) electrons. The number of allylic oxidation sites excluding steroid dienone is 1. The zero-order valence-corrected chi connectivity index (χ0v) is 33.4. The third-order valence-electron chi connectivity index (χ3n) is 15.7. The first-order valence-corrected chi connectivity index (χ1v) is 20.2. The van der Waals surface area contributed by atoms with Gasteiger partial charge in [0.1, 0.15) is 77.5 Å². The largest absolute Gasteiger partial charge is 0.455 e. The number of ketones is 1. The Balaban J connectivity index is 1.07. The van der Waals surface area contributed by atoms with Gasteiger partial charge in [-0.15, -0.1) is 0 Å². The summed E-state index contributed by atoms with van der Waals surface area (Å²) < 4.78 is 28.4. The van der Waals surface area contributed by atoms with Crippen LogP contribution >= 0.6 is 0 Å². The predicted octanol–water partition coefficient (Wildman–Crippen LogP) is -2.64. The number of fused-ring (bicyclic) bond motifs is 5. The quantitative estimate of drug-likeness (QED) is 0.0880. The van der Waals surface area contributed by atoms with Crippen molar-refractivity contribution in [2.24, 2.45) is 22.7 Å². The molecule has 3 unspecified atom stereocenters. The highest BCUT2D eigenvalue weighted by atomic mass is 16.7. The SMILES string of the molecule is CC1=C(C)C(=O)O[C@H]([C@](C)(O)[C@]2(O)CC(O)[C@@]3(O)[C@@H]4CC=C5CC(O[C@@H]6O[C@H](CO[C@@H]7O[C@H](CO)[C@@H](O)[C@H](O)[C@H]7O)[C@@H](O)[C@H](O)[C@H]6O)CC(=O)[C@]5(C)C4CC[C@]23C)C1. The monoisotopic (exact) mass is 828 g/mol. The molecule has 7 aliphatic rings. The summed E-state index contributed by atoms with van der Waals surface area (Å²) in [5, 5.41) is 122. The van der Waals surface area contributed by atoms with E-state index in [1.807, 2.05) is 6.08 Å². The van der Waals surface area contributed by atoms with Crippen LogP contribution in [-0.4, -0.2) is 178 Å². The maximum absolute atomic E-state index is 14.4. The lowest BCUT2D eigenvalue weighted by Crippen LogP contribution is -2.73. The standard InChI is InChI=1S/C40H60O18/c1-16-10-26(58-33(50)17(16)2)38(5,51)39(52)13-25(43)40(53)21-7-6-18-11-19(12-24(42)37(18,4)20(21)8-9-36(39,40)3)55-35-32(49)30(47)28(45)23(57-35)15-54-34-31(48)29(46)27(44)22(14-41)56-34/h6,19-23,25-32,34-35,41,43-49,51-53H,7-15H2,1-5H3/t19?,20?,21-,22-,23-,25?,26+,27-,28-,29+,30+,31-,32-,34-,35-,36-,37+,38+,39+,40+/m1/s1. The zero-order chi connectivity index (χ0) is 42.7. The van der Waals surface area contributed by atoms with Crippen LogP contribution in [0.4, 0.5) is 0 Å². The number of aliphatic hydroxyl groups is 11. The van der Waals surface area contributed by atoms with E-state index in [1.165, 1.54) is 6.92 Å². The van der Waals surface area contributed by atoms with Crippen molar-refractivity contribution in [3.63, 3.8) is 0 Å². The van der Waals surface area contributed by atoms with E-state index in [-0.39, 0.29) is 37.9 Å². The molecule has 0 spiro atoms. The Bertz CT molecular complexity index is 1680. The van der Waals surface area contributed by atoms with Crippen LogP contribution in [0, 0.1) is 22.7 Å². The van der Waals surface area contributed by atoms with Gasteiger partial charge in [0.25, 0.3) is 0 Å². The fraction of sp³-hybridized carbons (Fsp3) is 0.850. The van der Waals surface area contributed by atoms with Gasteiger partial charge in [0.15, 0.2) is 12.6 Å². The molecule has 18 heteroatoms. The van der Waals surface area contributed by atoms with Crippen molar-refractivity contribution in [3.05, 3.63) is 22.8 Å². The zero-order valence-electron chi connectivity index (χ0n) is 33.4. The van der Waals surface area contributed by atoms with E-state index < -0.39 is 145 Å². The topological polar surface area (TPSA) is 303 Å². The van der Waals surface area contributed by atoms with E-state index in [4.69, 9.17) is 23.7 Å². The first-order chi connectivity index (χ1) is 27.0. The van der Waals surface area contributed by atoms with Crippen LogP contribution in [0.1, 0.15) is 79.6 Å². The molecule has 3 heterocycles. The molecule has 2 saturated heterocycles. The first-order valence-electron chi connectivity index (χ1n) is 20.2. The second-order valence-electron chi connectivity index (χ2n) is 18.4. The molecule has 328 valence electrons. The fourth-order valence-corrected chi connectivity index (χ4v) is 11.6. The molecule has 0 aromatic carbocycles. The maximum atomic E-state index is 14.4. The molecule has 0 aromatic heterocycles. The van der Waals surface area contributed by atoms with Crippen LogP contribution in [0.25, 0.3) is 0 Å². The van der Waals surface area contributed by atoms with Crippen LogP contribution in [0.15, 0.2) is 22.8 Å². The van der Waals surface area contributed by atoms with E-state index in [9.17, 15) is 65.8 Å². The minimum absolute atomic E-state index is 0.119. The van der Waals surface area contributed by atoms with Gasteiger partial charge in [0, 0.05) is 30.3 Å². The molecule has 58 heavy (non-hydrogen) atoms. The number of hydrogen-bond donors (Lipinski definition) is 11. The van der Waals surface area contributed by atoms with Crippen molar-refractivity contribution in [2.45, 2.75) is 176 Å². The Morgan fingerprint density at radius 2 is 1.47 bits per heavy atom. The van der Waals surface area contributed by atoms with Crippen LogP contribution < -0.4 is 0 Å². The van der Waals surface area contributed by atoms with Gasteiger partial charge in [-0.2, -0.15) is 0 Å². The van der Waals surface area contributed by atoms with Gasteiger partial charge in [-0.1, -0.05) is 24.1 Å². The number of esters is 1. The average Bonchev–Trinajstić information content (AvgIpc) is 3.34. The number of aliphatic hydroxyl groups excluding tert-OH is 8. The molecule has 3 saturated carbocycles. The van der Waals surface area contributed by atoms with Gasteiger partial charge in [-0.25, -0.2) is 4.79 Å². The number of carbonyl (C=O) groups excluding carboxylic acids is 2. The van der Waals surface area contributed by atoms with Crippen molar-refractivity contribution in [3.8, 4) is 0 Å². The number of cyclic esters (lactones) is 1. The minimum atomic E-state index is -2.10. The molecule has 7 rings (SSSR count). The molecule has 18 nitrogen and oxygen atoms in total. The highest BCUT2D eigenvalue weighted by Gasteiger charge is 2.79. The van der Waals surface area contributed by atoms with Crippen LogP contribution in [0.5, 0.6) is 0 Å². The summed E-state index contributed by atoms with van der Waals surface area (Å²) in [5.74, 6) is -2.07. The van der Waals surface area contributed by atoms with Crippen molar-refractivity contribution >= 4 is 11.8 Å². The third kappa shape index (κ3) is 6.24. The van der Waals surface area contributed by atoms with E-state index in [0.717, 1.165) is 0 Å². The maximum Gasteiger partial charge on any atom is 0.334 e. The number of hydrogen-bond acceptors (Lipinski definition) is 18. The molecule has 0 bridgehead atoms. The summed E-state index contributed by atoms with van der Waals surface area (Å²) >= 11 is 0. The Kier molecular flexibility index (Phi) is 11.5. The lowest BCUT2D eigenvalue weighted by Gasteiger charge is -2.63. The Hall–Kier alpha value is -1.98. The molecule has 11 N–H and O–H groups in total. The molecule has 20 atom stereocenters. The Labute approximate surface area is 335 Å². The molecule has 0 aromatic rings. The first kappa shape index (κ1) is 44.1. The average molecular weight is 829 g/mol. The van der Waals surface area contributed by atoms with Crippen molar-refractivity contribution < 1.29 is 89.4 Å². The number of rotatable bonds is 8. The second-order valence-corrected chi connectivity index (χ2v) is 18.4. The van der Waals surface area contributed by atoms with Crippen LogP contribution in [0.2, 0.25) is 0 Å². The van der Waals surface area contributed by atoms with E-state index in [0.29, 0.717) is 23.1 Å². The molecule has 3 aliphatic heterocycles. The molecule has 5 fully saturated rings. The number of ether oxygens (including phenoxy) is 5. The summed E-state index contributed by atoms with van der Waals surface area (Å²) in [6.07, 6.45) is -17.3. The van der Waals surface area contributed by atoms with Gasteiger partial charge in [-0.3, -0.25) is 4.79 Å². The summed E-state index contributed by atoms with van der Waals surface area (Å²) in [6.45, 7) is 6.94. The van der Waals surface area contributed by atoms with Crippen LogP contribution in [-0.2, 0) is 33.3 Å².